The molecule has 8 nitrogen and oxygen atoms in total. The highest BCUT2D eigenvalue weighted by molar-refractivity contribution is 7.86. The van der Waals surface area contributed by atoms with E-state index in [-0.39, 0.29) is 24.0 Å². The highest BCUT2D eigenvalue weighted by Crippen LogP contribution is 2.24. The number of rotatable bonds is 14. The van der Waals surface area contributed by atoms with Gasteiger partial charge in [-0.3, -0.25) is 23.8 Å². The summed E-state index contributed by atoms with van der Waals surface area (Å²) in [6.45, 7) is 0.456. The van der Waals surface area contributed by atoms with Crippen molar-refractivity contribution in [3.05, 3.63) is 59.7 Å². The lowest BCUT2D eigenvalue weighted by atomic mass is 10.1. The first-order valence-corrected chi connectivity index (χ1v) is 13.5. The third kappa shape index (κ3) is 7.47. The van der Waals surface area contributed by atoms with Crippen LogP contribution in [0.15, 0.2) is 53.4 Å². The molecular weight excluding hydrogens is 470 g/mol. The first-order valence-electron chi connectivity index (χ1n) is 12.0. The lowest BCUT2D eigenvalue weighted by Gasteiger charge is -2.13. The first-order chi connectivity index (χ1) is 16.8. The van der Waals surface area contributed by atoms with Gasteiger partial charge in [0.1, 0.15) is 4.90 Å². The zero-order chi connectivity index (χ0) is 25.3. The molecule has 3 rings (SSSR count). The second-order valence-corrected chi connectivity index (χ2v) is 10.0. The van der Waals surface area contributed by atoms with Crippen LogP contribution in [0.5, 0.6) is 5.75 Å². The van der Waals surface area contributed by atoms with E-state index in [0.717, 1.165) is 51.4 Å². The molecule has 1 heterocycles. The minimum absolute atomic E-state index is 0.164. The number of benzene rings is 2. The molecule has 0 aromatic heterocycles. The molecule has 0 aliphatic carbocycles. The number of hydrogen-bond donors (Lipinski definition) is 1. The molecule has 0 spiro atoms. The Morgan fingerprint density at radius 1 is 0.743 bits per heavy atom. The van der Waals surface area contributed by atoms with Gasteiger partial charge in [0.15, 0.2) is 5.75 Å². The van der Waals surface area contributed by atoms with E-state index in [1.807, 2.05) is 0 Å². The van der Waals surface area contributed by atoms with E-state index in [0.29, 0.717) is 24.1 Å². The summed E-state index contributed by atoms with van der Waals surface area (Å²) in [5, 5.41) is 0. The van der Waals surface area contributed by atoms with E-state index < -0.39 is 21.0 Å². The van der Waals surface area contributed by atoms with E-state index >= 15 is 0 Å². The molecular formula is C26H31NO7S. The Morgan fingerprint density at radius 3 is 1.80 bits per heavy atom. The van der Waals surface area contributed by atoms with Gasteiger partial charge in [0.25, 0.3) is 21.9 Å². The number of hydrogen-bond acceptors (Lipinski definition) is 6. The monoisotopic (exact) mass is 501 g/mol. The van der Waals surface area contributed by atoms with Gasteiger partial charge in [0.05, 0.1) is 11.1 Å². The number of para-hydroxylation sites is 1. The molecule has 0 fully saturated rings. The van der Waals surface area contributed by atoms with Crippen molar-refractivity contribution < 1.29 is 32.1 Å². The molecule has 9 heteroatoms. The Hall–Kier alpha value is -3.04. The van der Waals surface area contributed by atoms with E-state index in [1.165, 1.54) is 29.2 Å². The summed E-state index contributed by atoms with van der Waals surface area (Å²) in [6, 6.07) is 12.4. The van der Waals surface area contributed by atoms with Crippen molar-refractivity contribution in [3.63, 3.8) is 0 Å². The van der Waals surface area contributed by atoms with Gasteiger partial charge in [-0.2, -0.15) is 8.42 Å². The number of carbonyl (C=O) groups is 3. The predicted molar refractivity (Wildman–Crippen MR) is 130 cm³/mol. The molecule has 0 radical (unpaired) electrons. The molecule has 0 atom stereocenters. The van der Waals surface area contributed by atoms with E-state index in [1.54, 1.807) is 24.3 Å². The van der Waals surface area contributed by atoms with E-state index in [4.69, 9.17) is 4.74 Å². The van der Waals surface area contributed by atoms with E-state index in [2.05, 4.69) is 0 Å². The molecule has 2 aromatic rings. The summed E-state index contributed by atoms with van der Waals surface area (Å²) in [4.78, 5) is 37.6. The lowest BCUT2D eigenvalue weighted by molar-refractivity contribution is -0.134. The summed E-state index contributed by atoms with van der Waals surface area (Å²) >= 11 is 0. The van der Waals surface area contributed by atoms with Crippen molar-refractivity contribution in [3.8, 4) is 5.75 Å². The van der Waals surface area contributed by atoms with Gasteiger partial charge < -0.3 is 4.74 Å². The Morgan fingerprint density at radius 2 is 1.23 bits per heavy atom. The van der Waals surface area contributed by atoms with Crippen LogP contribution in [0.2, 0.25) is 0 Å². The zero-order valence-corrected chi connectivity index (χ0v) is 20.5. The number of imide groups is 1. The van der Waals surface area contributed by atoms with Crippen LogP contribution >= 0.6 is 0 Å². The molecule has 0 saturated carbocycles. The second kappa shape index (κ2) is 12.6. The van der Waals surface area contributed by atoms with Gasteiger partial charge in [0.2, 0.25) is 0 Å². The molecule has 35 heavy (non-hydrogen) atoms. The van der Waals surface area contributed by atoms with E-state index in [9.17, 15) is 27.4 Å². The average molecular weight is 502 g/mol. The highest BCUT2D eigenvalue weighted by atomic mass is 32.2. The molecule has 188 valence electrons. The molecule has 2 amide bonds. The normalized spacial score (nSPS) is 13.2. The maximum absolute atomic E-state index is 12.3. The van der Waals surface area contributed by atoms with Crippen molar-refractivity contribution in [1.82, 2.24) is 4.90 Å². The quantitative estimate of drug-likeness (QED) is 0.127. The van der Waals surface area contributed by atoms with Crippen molar-refractivity contribution >= 4 is 27.9 Å². The summed E-state index contributed by atoms with van der Waals surface area (Å²) in [5.41, 5.74) is 0.988. The third-order valence-electron chi connectivity index (χ3n) is 5.99. The van der Waals surface area contributed by atoms with Gasteiger partial charge in [0, 0.05) is 13.0 Å². The van der Waals surface area contributed by atoms with Crippen LogP contribution in [0.4, 0.5) is 0 Å². The van der Waals surface area contributed by atoms with Gasteiger partial charge in [-0.15, -0.1) is 0 Å². The standard InChI is InChI=1S/C26H31NO7S/c28-24(34-22-16-11-12-17-23(22)35(31,32)33)18-8-6-4-2-1-3-5-7-13-19-27-25(29)20-14-9-10-15-21(20)26(27)30/h9-12,14-17H,1-8,13,18-19H2,(H,31,32,33). The fourth-order valence-corrected chi connectivity index (χ4v) is 4.75. The zero-order valence-electron chi connectivity index (χ0n) is 19.6. The lowest BCUT2D eigenvalue weighted by Crippen LogP contribution is -2.30. The number of amides is 2. The fourth-order valence-electron chi connectivity index (χ4n) is 4.14. The number of unbranched alkanes of at least 4 members (excludes halogenated alkanes) is 8. The van der Waals surface area contributed by atoms with Crippen molar-refractivity contribution in [1.29, 1.82) is 0 Å². The molecule has 0 saturated heterocycles. The molecule has 1 aliphatic heterocycles. The van der Waals surface area contributed by atoms with Crippen molar-refractivity contribution in [2.75, 3.05) is 6.54 Å². The second-order valence-electron chi connectivity index (χ2n) is 8.64. The van der Waals surface area contributed by atoms with Gasteiger partial charge in [-0.1, -0.05) is 69.2 Å². The minimum atomic E-state index is -4.45. The van der Waals surface area contributed by atoms with Gasteiger partial charge in [-0.25, -0.2) is 0 Å². The molecule has 0 unspecified atom stereocenters. The van der Waals surface area contributed by atoms with Gasteiger partial charge in [-0.05, 0) is 37.1 Å². The predicted octanol–water partition coefficient (Wildman–Crippen LogP) is 5.04. The van der Waals surface area contributed by atoms with Crippen LogP contribution in [0.25, 0.3) is 0 Å². The number of esters is 1. The fraction of sp³-hybridized carbons (Fsp3) is 0.423. The van der Waals surface area contributed by atoms with Crippen LogP contribution in [0, 0.1) is 0 Å². The summed E-state index contributed by atoms with van der Waals surface area (Å²) in [6.07, 6.45) is 8.71. The van der Waals surface area contributed by atoms with Crippen LogP contribution in [0.1, 0.15) is 84.9 Å². The summed E-state index contributed by atoms with van der Waals surface area (Å²) in [7, 11) is -4.45. The van der Waals surface area contributed by atoms with Crippen molar-refractivity contribution in [2.24, 2.45) is 0 Å². The number of nitrogens with zero attached hydrogens (tertiary/aromatic N) is 1. The van der Waals surface area contributed by atoms with Crippen LogP contribution in [-0.4, -0.2) is 42.2 Å². The van der Waals surface area contributed by atoms with Gasteiger partial charge >= 0.3 is 5.97 Å². The smallest absolute Gasteiger partial charge is 0.311 e. The Labute approximate surface area is 206 Å². The SMILES string of the molecule is O=C(CCCCCCCCCCCN1C(=O)c2ccccc2C1=O)Oc1ccccc1S(=O)(=O)O. The Kier molecular flexibility index (Phi) is 9.56. The summed E-state index contributed by atoms with van der Waals surface area (Å²) < 4.78 is 37.0. The number of carbonyl (C=O) groups excluding carboxylic acids is 3. The number of fused-ring (bicyclic) bond motifs is 1. The maximum atomic E-state index is 12.3. The van der Waals surface area contributed by atoms with Crippen LogP contribution < -0.4 is 4.74 Å². The van der Waals surface area contributed by atoms with Crippen molar-refractivity contribution in [2.45, 2.75) is 69.1 Å². The summed E-state index contributed by atoms with van der Waals surface area (Å²) in [5.74, 6) is -1.09. The first kappa shape index (κ1) is 26.6. The number of ether oxygens (including phenoxy) is 1. The average Bonchev–Trinajstić information content (AvgIpc) is 3.07. The van der Waals surface area contributed by atoms with Crippen LogP contribution in [-0.2, 0) is 14.9 Å². The topological polar surface area (TPSA) is 118 Å². The maximum Gasteiger partial charge on any atom is 0.311 e. The Bertz CT molecular complexity index is 1120. The molecule has 0 bridgehead atoms. The van der Waals surface area contributed by atoms with Crippen LogP contribution in [0.3, 0.4) is 0 Å². The third-order valence-corrected chi connectivity index (χ3v) is 6.88. The highest BCUT2D eigenvalue weighted by Gasteiger charge is 2.34. The Balaban J connectivity index is 1.20. The molecule has 1 N–H and O–H groups in total. The minimum Gasteiger partial charge on any atom is -0.425 e. The molecule has 1 aliphatic rings. The largest absolute Gasteiger partial charge is 0.425 e. The molecule has 2 aromatic carbocycles.